The third-order valence-corrected chi connectivity index (χ3v) is 4.01. The first kappa shape index (κ1) is 26.7. The van der Waals surface area contributed by atoms with Gasteiger partial charge in [0.15, 0.2) is 5.96 Å². The van der Waals surface area contributed by atoms with Crippen LogP contribution in [-0.4, -0.2) is 42.3 Å². The molecule has 0 spiro atoms. The second-order valence-corrected chi connectivity index (χ2v) is 7.83. The predicted molar refractivity (Wildman–Crippen MR) is 137 cm³/mol. The highest BCUT2D eigenvalue weighted by atomic mass is 127. The first-order chi connectivity index (χ1) is 14.4. The number of anilines is 1. The molecule has 1 heterocycles. The number of nitrogens with zero attached hydrogens (tertiary/aromatic N) is 2. The normalized spacial score (nSPS) is 11.3. The molecule has 2 aromatic rings. The molecule has 1 aromatic carbocycles. The van der Waals surface area contributed by atoms with Crippen LogP contribution in [0.25, 0.3) is 0 Å². The molecule has 3 N–H and O–H groups in total. The maximum atomic E-state index is 11.8. The van der Waals surface area contributed by atoms with Crippen molar-refractivity contribution >= 4 is 41.7 Å². The van der Waals surface area contributed by atoms with E-state index in [1.165, 1.54) is 5.56 Å². The van der Waals surface area contributed by atoms with E-state index in [-0.39, 0.29) is 24.0 Å². The molecular weight excluding hydrogens is 505 g/mol. The Labute approximate surface area is 202 Å². The molecule has 0 aliphatic heterocycles. The molecule has 0 radical (unpaired) electrons. The van der Waals surface area contributed by atoms with Gasteiger partial charge >= 0.3 is 6.09 Å². The van der Waals surface area contributed by atoms with Crippen molar-refractivity contribution in [2.75, 3.05) is 25.0 Å². The largest absolute Gasteiger partial charge is 0.444 e. The van der Waals surface area contributed by atoms with Gasteiger partial charge in [-0.1, -0.05) is 18.2 Å². The lowest BCUT2D eigenvalue weighted by atomic mass is 10.1. The summed E-state index contributed by atoms with van der Waals surface area (Å²) in [4.78, 5) is 20.8. The molecule has 0 aliphatic rings. The molecule has 1 aromatic heterocycles. The zero-order valence-electron chi connectivity index (χ0n) is 18.8. The molecule has 0 fully saturated rings. The smallest absolute Gasteiger partial charge is 0.412 e. The molecule has 2 rings (SSSR count). The topological polar surface area (TPSA) is 87.6 Å². The van der Waals surface area contributed by atoms with Gasteiger partial charge in [-0.25, -0.2) is 4.79 Å². The van der Waals surface area contributed by atoms with Crippen LogP contribution in [-0.2, 0) is 17.6 Å². The molecule has 170 valence electrons. The van der Waals surface area contributed by atoms with E-state index < -0.39 is 11.7 Å². The molecule has 7 nitrogen and oxygen atoms in total. The number of halogens is 1. The lowest BCUT2D eigenvalue weighted by molar-refractivity contribution is 0.0636. The summed E-state index contributed by atoms with van der Waals surface area (Å²) in [6.07, 6.45) is 3.01. The lowest BCUT2D eigenvalue weighted by Gasteiger charge is -2.19. The number of hydrogen-bond acceptors (Lipinski definition) is 4. The summed E-state index contributed by atoms with van der Waals surface area (Å²) in [6, 6.07) is 13.7. The van der Waals surface area contributed by atoms with Crippen molar-refractivity contribution in [2.45, 2.75) is 46.1 Å². The van der Waals surface area contributed by atoms with E-state index in [1.807, 2.05) is 70.2 Å². The van der Waals surface area contributed by atoms with E-state index in [4.69, 9.17) is 4.74 Å². The van der Waals surface area contributed by atoms with Gasteiger partial charge in [0.25, 0.3) is 0 Å². The molecule has 0 unspecified atom stereocenters. The van der Waals surface area contributed by atoms with Crippen LogP contribution in [0.2, 0.25) is 0 Å². The number of aromatic nitrogens is 1. The highest BCUT2D eigenvalue weighted by Gasteiger charge is 2.16. The fourth-order valence-corrected chi connectivity index (χ4v) is 2.67. The van der Waals surface area contributed by atoms with E-state index in [9.17, 15) is 4.79 Å². The van der Waals surface area contributed by atoms with Crippen molar-refractivity contribution in [2.24, 2.45) is 4.99 Å². The predicted octanol–water partition coefficient (Wildman–Crippen LogP) is 4.39. The minimum atomic E-state index is -0.515. The van der Waals surface area contributed by atoms with E-state index in [2.05, 4.69) is 25.9 Å². The van der Waals surface area contributed by atoms with E-state index >= 15 is 0 Å². The van der Waals surface area contributed by atoms with Gasteiger partial charge in [-0.3, -0.25) is 15.3 Å². The summed E-state index contributed by atoms with van der Waals surface area (Å²) in [5.74, 6) is 0.802. The standard InChI is InChI=1S/C23H33N5O2.HI/c1-5-24-21(27-17-14-19-8-6-7-15-25-19)26-16-13-18-9-11-20(12-10-18)28-22(29)30-23(2,3)4;/h6-12,15H,5,13-14,16-17H2,1-4H3,(H,28,29)(H2,24,26,27);1H. The number of aliphatic imine (C=N–C) groups is 1. The number of carbonyl (C=O) groups is 1. The number of hydrogen-bond donors (Lipinski definition) is 3. The van der Waals surface area contributed by atoms with Crippen molar-refractivity contribution in [3.63, 3.8) is 0 Å². The zero-order valence-corrected chi connectivity index (χ0v) is 21.1. The summed E-state index contributed by atoms with van der Waals surface area (Å²) < 4.78 is 5.26. The number of guanidine groups is 1. The first-order valence-corrected chi connectivity index (χ1v) is 10.4. The lowest BCUT2D eigenvalue weighted by Crippen LogP contribution is -2.38. The number of benzene rings is 1. The SMILES string of the molecule is CCNC(=NCCc1ccccn1)NCCc1ccc(NC(=O)OC(C)(C)C)cc1.I. The van der Waals surface area contributed by atoms with Gasteiger partial charge in [0.1, 0.15) is 5.60 Å². The average Bonchev–Trinajstić information content (AvgIpc) is 2.69. The second kappa shape index (κ2) is 13.8. The number of carbonyl (C=O) groups excluding carboxylic acids is 1. The van der Waals surface area contributed by atoms with Gasteiger partial charge in [0, 0.05) is 43.6 Å². The molecule has 0 atom stereocenters. The second-order valence-electron chi connectivity index (χ2n) is 7.83. The van der Waals surface area contributed by atoms with Crippen LogP contribution >= 0.6 is 24.0 Å². The average molecular weight is 539 g/mol. The number of ether oxygens (including phenoxy) is 1. The molecule has 8 heteroatoms. The number of pyridine rings is 1. The minimum absolute atomic E-state index is 0. The summed E-state index contributed by atoms with van der Waals surface area (Å²) >= 11 is 0. The quantitative estimate of drug-likeness (QED) is 0.263. The zero-order chi connectivity index (χ0) is 21.8. The van der Waals surface area contributed by atoms with Crippen LogP contribution in [0.4, 0.5) is 10.5 Å². The Balaban J connectivity index is 0.00000480. The van der Waals surface area contributed by atoms with Crippen LogP contribution < -0.4 is 16.0 Å². The van der Waals surface area contributed by atoms with Gasteiger partial charge in [-0.2, -0.15) is 0 Å². The summed E-state index contributed by atoms with van der Waals surface area (Å²) in [7, 11) is 0. The molecule has 0 aliphatic carbocycles. The number of rotatable bonds is 8. The fraction of sp³-hybridized carbons (Fsp3) is 0.435. The van der Waals surface area contributed by atoms with Crippen molar-refractivity contribution in [1.29, 1.82) is 0 Å². The Kier molecular flexibility index (Phi) is 11.9. The summed E-state index contributed by atoms with van der Waals surface area (Å²) in [5.41, 5.74) is 2.41. The maximum Gasteiger partial charge on any atom is 0.412 e. The van der Waals surface area contributed by atoms with Crippen molar-refractivity contribution in [1.82, 2.24) is 15.6 Å². The first-order valence-electron chi connectivity index (χ1n) is 10.4. The van der Waals surface area contributed by atoms with E-state index in [0.29, 0.717) is 12.2 Å². The van der Waals surface area contributed by atoms with Gasteiger partial charge in [0.05, 0.1) is 0 Å². The van der Waals surface area contributed by atoms with E-state index in [0.717, 1.165) is 37.6 Å². The Hall–Kier alpha value is -2.36. The Morgan fingerprint density at radius 1 is 1.06 bits per heavy atom. The molecule has 0 bridgehead atoms. The molecular formula is C23H34IN5O2. The van der Waals surface area contributed by atoms with Crippen molar-refractivity contribution < 1.29 is 9.53 Å². The van der Waals surface area contributed by atoms with E-state index in [1.54, 1.807) is 6.20 Å². The van der Waals surface area contributed by atoms with Crippen molar-refractivity contribution in [3.05, 3.63) is 59.9 Å². The van der Waals surface area contributed by atoms with Crippen LogP contribution in [0, 0.1) is 0 Å². The van der Waals surface area contributed by atoms with Gasteiger partial charge in [-0.05, 0) is 63.9 Å². The molecule has 0 saturated heterocycles. The fourth-order valence-electron chi connectivity index (χ4n) is 2.67. The highest BCUT2D eigenvalue weighted by molar-refractivity contribution is 14.0. The highest BCUT2D eigenvalue weighted by Crippen LogP contribution is 2.13. The molecule has 31 heavy (non-hydrogen) atoms. The van der Waals surface area contributed by atoms with Gasteiger partial charge in [0.2, 0.25) is 0 Å². The van der Waals surface area contributed by atoms with Crippen molar-refractivity contribution in [3.8, 4) is 0 Å². The Bertz CT molecular complexity index is 805. The third kappa shape index (κ3) is 11.6. The van der Waals surface area contributed by atoms with Gasteiger partial charge in [-0.15, -0.1) is 24.0 Å². The van der Waals surface area contributed by atoms with Crippen LogP contribution in [0.15, 0.2) is 53.7 Å². The van der Waals surface area contributed by atoms with Crippen LogP contribution in [0.5, 0.6) is 0 Å². The third-order valence-electron chi connectivity index (χ3n) is 4.01. The Morgan fingerprint density at radius 2 is 1.81 bits per heavy atom. The minimum Gasteiger partial charge on any atom is -0.444 e. The summed E-state index contributed by atoms with van der Waals surface area (Å²) in [6.45, 7) is 9.81. The number of amides is 1. The Morgan fingerprint density at radius 3 is 2.42 bits per heavy atom. The summed E-state index contributed by atoms with van der Waals surface area (Å²) in [5, 5.41) is 9.36. The van der Waals surface area contributed by atoms with Crippen LogP contribution in [0.3, 0.4) is 0 Å². The van der Waals surface area contributed by atoms with Gasteiger partial charge < -0.3 is 15.4 Å². The maximum absolute atomic E-state index is 11.8. The monoisotopic (exact) mass is 539 g/mol. The van der Waals surface area contributed by atoms with Crippen LogP contribution in [0.1, 0.15) is 39.0 Å². The molecule has 1 amide bonds. The molecule has 0 saturated carbocycles. The number of nitrogens with one attached hydrogen (secondary N) is 3.